The predicted molar refractivity (Wildman–Crippen MR) is 155 cm³/mol. The number of alkyl carbamates (subject to hydrolysis) is 1. The number of allylic oxidation sites excluding steroid dienone is 1. The molecule has 9 nitrogen and oxygen atoms in total. The summed E-state index contributed by atoms with van der Waals surface area (Å²) in [5.74, 6) is -2.13. The highest BCUT2D eigenvalue weighted by Gasteiger charge is 2.55. The molecule has 0 spiro atoms. The Labute approximate surface area is 256 Å². The summed E-state index contributed by atoms with van der Waals surface area (Å²) in [5, 5.41) is 1.88. The standard InChI is InChI=1S/C31H30F3N3O6S/c1-30(2,3)43-29(41)35-22-26(39)37-23(21(16-44-27(22)37)14-20-15-36(25(20)38)17-31(32,33)34)28(40)42-24(18-10-6-4-7-11-18)19-12-8-5-9-13-19/h4-14,22,24,27H,15-17H2,1-3H3,(H,35,41)/b20-14-/t22-,27-/m1/s1. The quantitative estimate of drug-likeness (QED) is 0.269. The third kappa shape index (κ3) is 6.77. The van der Waals surface area contributed by atoms with Crippen molar-refractivity contribution in [1.29, 1.82) is 0 Å². The lowest BCUT2D eigenvalue weighted by Crippen LogP contribution is -2.70. The number of halogens is 3. The molecule has 3 aliphatic heterocycles. The highest BCUT2D eigenvalue weighted by atomic mass is 32.2. The summed E-state index contributed by atoms with van der Waals surface area (Å²) in [5.41, 5.74) is 0.746. The number of alkyl halides is 3. The fourth-order valence-corrected chi connectivity index (χ4v) is 6.35. The Morgan fingerprint density at radius 1 is 1.02 bits per heavy atom. The lowest BCUT2D eigenvalue weighted by Gasteiger charge is -2.49. The minimum Gasteiger partial charge on any atom is -0.448 e. The minimum absolute atomic E-state index is 0.0765. The van der Waals surface area contributed by atoms with E-state index >= 15 is 0 Å². The van der Waals surface area contributed by atoms with Gasteiger partial charge in [-0.05, 0) is 43.5 Å². The molecule has 0 saturated carbocycles. The van der Waals surface area contributed by atoms with Crippen molar-refractivity contribution in [2.24, 2.45) is 0 Å². The fourth-order valence-electron chi connectivity index (χ4n) is 5.04. The Morgan fingerprint density at radius 2 is 1.61 bits per heavy atom. The second kappa shape index (κ2) is 12.0. The largest absolute Gasteiger partial charge is 0.448 e. The Hall–Kier alpha value is -4.26. The van der Waals surface area contributed by atoms with Gasteiger partial charge in [-0.15, -0.1) is 11.8 Å². The average Bonchev–Trinajstić information content (AvgIpc) is 2.96. The van der Waals surface area contributed by atoms with Crippen LogP contribution in [0.25, 0.3) is 0 Å². The van der Waals surface area contributed by atoms with Crippen LogP contribution in [0.4, 0.5) is 18.0 Å². The summed E-state index contributed by atoms with van der Waals surface area (Å²) in [4.78, 5) is 54.2. The van der Waals surface area contributed by atoms with Gasteiger partial charge >= 0.3 is 18.2 Å². The van der Waals surface area contributed by atoms with Crippen molar-refractivity contribution in [3.8, 4) is 0 Å². The minimum atomic E-state index is -4.55. The van der Waals surface area contributed by atoms with Gasteiger partial charge in [0, 0.05) is 11.3 Å². The molecule has 44 heavy (non-hydrogen) atoms. The number of carbonyl (C=O) groups excluding carboxylic acids is 4. The second-order valence-electron chi connectivity index (χ2n) is 11.5. The topological polar surface area (TPSA) is 105 Å². The van der Waals surface area contributed by atoms with Gasteiger partial charge in [-0.25, -0.2) is 9.59 Å². The van der Waals surface area contributed by atoms with Crippen LogP contribution in [0, 0.1) is 0 Å². The Kier molecular flexibility index (Phi) is 8.52. The van der Waals surface area contributed by atoms with E-state index in [4.69, 9.17) is 9.47 Å². The van der Waals surface area contributed by atoms with E-state index in [9.17, 15) is 32.3 Å². The van der Waals surface area contributed by atoms with Crippen molar-refractivity contribution in [2.75, 3.05) is 18.8 Å². The molecule has 2 aromatic carbocycles. The number of fused-ring (bicyclic) bond motifs is 1. The number of esters is 1. The van der Waals surface area contributed by atoms with E-state index in [1.807, 2.05) is 12.1 Å². The number of rotatable bonds is 7. The molecule has 3 aliphatic rings. The summed E-state index contributed by atoms with van der Waals surface area (Å²) in [7, 11) is 0. The Morgan fingerprint density at radius 3 is 2.14 bits per heavy atom. The van der Waals surface area contributed by atoms with Gasteiger partial charge in [-0.1, -0.05) is 60.7 Å². The van der Waals surface area contributed by atoms with Crippen LogP contribution in [0.2, 0.25) is 0 Å². The second-order valence-corrected chi connectivity index (χ2v) is 12.6. The normalized spacial score (nSPS) is 21.1. The highest BCUT2D eigenvalue weighted by Crippen LogP contribution is 2.43. The number of nitrogens with one attached hydrogen (secondary N) is 1. The van der Waals surface area contributed by atoms with Crippen LogP contribution in [0.15, 0.2) is 83.6 Å². The molecule has 0 unspecified atom stereocenters. The van der Waals surface area contributed by atoms with Crippen molar-refractivity contribution < 1.29 is 41.8 Å². The zero-order chi connectivity index (χ0) is 31.8. The smallest absolute Gasteiger partial charge is 0.408 e. The number of nitrogens with zero attached hydrogens (tertiary/aromatic N) is 2. The maximum absolute atomic E-state index is 14.0. The first-order valence-corrected chi connectivity index (χ1v) is 14.8. The molecule has 0 aliphatic carbocycles. The zero-order valence-electron chi connectivity index (χ0n) is 24.1. The van der Waals surface area contributed by atoms with Crippen molar-refractivity contribution >= 4 is 35.6 Å². The third-order valence-corrected chi connectivity index (χ3v) is 8.24. The molecule has 232 valence electrons. The number of hydrogen-bond acceptors (Lipinski definition) is 7. The molecule has 0 radical (unpaired) electrons. The maximum Gasteiger partial charge on any atom is 0.408 e. The number of ether oxygens (including phenoxy) is 2. The molecule has 2 atom stereocenters. The molecule has 2 fully saturated rings. The molecule has 0 bridgehead atoms. The van der Waals surface area contributed by atoms with E-state index in [0.717, 1.165) is 0 Å². The molecular weight excluding hydrogens is 599 g/mol. The first-order valence-electron chi connectivity index (χ1n) is 13.8. The Bertz CT molecular complexity index is 1480. The number of β-lactam (4-membered cyclic amide) rings is 2. The number of thioether (sulfide) groups is 1. The van der Waals surface area contributed by atoms with Gasteiger partial charge in [0.15, 0.2) is 6.10 Å². The first kappa shape index (κ1) is 31.2. The molecule has 1 N–H and O–H groups in total. The molecular formula is C31H30F3N3O6S. The monoisotopic (exact) mass is 629 g/mol. The number of carbonyl (C=O) groups is 4. The van der Waals surface area contributed by atoms with E-state index in [1.165, 1.54) is 22.7 Å². The SMILES string of the molecule is CC(C)(C)OC(=O)N[C@@H]1C(=O)N2C(C(=O)OC(c3ccccc3)c3ccccc3)=C(/C=C3/CN(CC(F)(F)F)C3=O)CS[C@H]12. The van der Waals surface area contributed by atoms with Crippen molar-refractivity contribution in [1.82, 2.24) is 15.1 Å². The van der Waals surface area contributed by atoms with Crippen LogP contribution in [0.3, 0.4) is 0 Å². The molecule has 2 aromatic rings. The van der Waals surface area contributed by atoms with Crippen LogP contribution in [-0.4, -0.2) is 75.7 Å². The summed E-state index contributed by atoms with van der Waals surface area (Å²) in [6.07, 6.45) is -4.83. The Balaban J connectivity index is 1.46. The van der Waals surface area contributed by atoms with E-state index in [0.29, 0.717) is 16.0 Å². The molecule has 3 heterocycles. The van der Waals surface area contributed by atoms with Gasteiger partial charge in [0.2, 0.25) is 0 Å². The van der Waals surface area contributed by atoms with Crippen LogP contribution < -0.4 is 5.32 Å². The summed E-state index contributed by atoms with van der Waals surface area (Å²) >= 11 is 1.23. The van der Waals surface area contributed by atoms with Gasteiger partial charge in [-0.2, -0.15) is 13.2 Å². The zero-order valence-corrected chi connectivity index (χ0v) is 24.9. The number of amides is 3. The van der Waals surface area contributed by atoms with Gasteiger partial charge in [0.1, 0.15) is 29.3 Å². The van der Waals surface area contributed by atoms with Gasteiger partial charge in [-0.3, -0.25) is 14.5 Å². The average molecular weight is 630 g/mol. The number of hydrogen-bond donors (Lipinski definition) is 1. The highest BCUT2D eigenvalue weighted by molar-refractivity contribution is 8.00. The molecule has 13 heteroatoms. The van der Waals surface area contributed by atoms with Gasteiger partial charge in [0.25, 0.3) is 11.8 Å². The van der Waals surface area contributed by atoms with Crippen molar-refractivity contribution in [3.63, 3.8) is 0 Å². The van der Waals surface area contributed by atoms with E-state index in [1.54, 1.807) is 69.3 Å². The van der Waals surface area contributed by atoms with Crippen molar-refractivity contribution in [2.45, 2.75) is 50.1 Å². The maximum atomic E-state index is 14.0. The van der Waals surface area contributed by atoms with Gasteiger partial charge < -0.3 is 19.7 Å². The van der Waals surface area contributed by atoms with Crippen molar-refractivity contribution in [3.05, 3.63) is 94.7 Å². The number of benzene rings is 2. The summed E-state index contributed by atoms with van der Waals surface area (Å²) in [6, 6.07) is 17.0. The van der Waals surface area contributed by atoms with Crippen LogP contribution in [0.5, 0.6) is 0 Å². The van der Waals surface area contributed by atoms with Gasteiger partial charge in [0.05, 0.1) is 6.54 Å². The molecule has 2 saturated heterocycles. The molecule has 3 amide bonds. The van der Waals surface area contributed by atoms with E-state index in [-0.39, 0.29) is 29.1 Å². The fraction of sp³-hybridized carbons (Fsp3) is 0.355. The summed E-state index contributed by atoms with van der Waals surface area (Å²) < 4.78 is 49.9. The van der Waals surface area contributed by atoms with E-state index in [2.05, 4.69) is 5.32 Å². The van der Waals surface area contributed by atoms with Crippen LogP contribution in [-0.2, 0) is 23.9 Å². The third-order valence-electron chi connectivity index (χ3n) is 6.93. The van der Waals surface area contributed by atoms with Crippen LogP contribution in [0.1, 0.15) is 38.0 Å². The first-order chi connectivity index (χ1) is 20.7. The summed E-state index contributed by atoms with van der Waals surface area (Å²) in [6.45, 7) is 3.40. The lowest BCUT2D eigenvalue weighted by molar-refractivity contribution is -0.164. The molecule has 0 aromatic heterocycles. The lowest BCUT2D eigenvalue weighted by atomic mass is 9.98. The van der Waals surface area contributed by atoms with Crippen LogP contribution >= 0.6 is 11.8 Å². The predicted octanol–water partition coefficient (Wildman–Crippen LogP) is 4.71. The number of likely N-dealkylation sites (tertiary alicyclic amines) is 1. The molecule has 5 rings (SSSR count). The van der Waals surface area contributed by atoms with E-state index < -0.39 is 59.7 Å².